The number of anilines is 6. The van der Waals surface area contributed by atoms with Crippen molar-refractivity contribution in [1.29, 1.82) is 0 Å². The van der Waals surface area contributed by atoms with Gasteiger partial charge < -0.3 is 9.80 Å². The molecule has 0 aliphatic rings. The van der Waals surface area contributed by atoms with Crippen LogP contribution in [0.2, 0.25) is 0 Å². The van der Waals surface area contributed by atoms with Crippen LogP contribution in [0, 0.1) is 20.8 Å². The van der Waals surface area contributed by atoms with Gasteiger partial charge in [-0.15, -0.1) is 22.7 Å². The van der Waals surface area contributed by atoms with Crippen molar-refractivity contribution >= 4 is 129 Å². The smallest absolute Gasteiger partial charge is 0.0640 e. The minimum absolute atomic E-state index is 0.00770. The third kappa shape index (κ3) is 5.89. The number of fused-ring (bicyclic) bond motifs is 6. The van der Waals surface area contributed by atoms with Crippen molar-refractivity contribution in [3.8, 4) is 0 Å². The van der Waals surface area contributed by atoms with E-state index in [0.29, 0.717) is 0 Å². The zero-order valence-corrected chi connectivity index (χ0v) is 38.0. The van der Waals surface area contributed by atoms with Gasteiger partial charge in [0, 0.05) is 58.5 Å². The van der Waals surface area contributed by atoms with Crippen molar-refractivity contribution in [1.82, 2.24) is 0 Å². The van der Waals surface area contributed by atoms with Crippen LogP contribution in [0.4, 0.5) is 34.1 Å². The Morgan fingerprint density at radius 1 is 0.365 bits per heavy atom. The molecular formula is C59H46N2S2. The Bertz CT molecular complexity index is 3770. The van der Waals surface area contributed by atoms with Gasteiger partial charge in [-0.3, -0.25) is 0 Å². The molecule has 0 saturated heterocycles. The fraction of sp³-hybridized carbons (Fsp3) is 0.119. The highest BCUT2D eigenvalue weighted by molar-refractivity contribution is 7.26. The van der Waals surface area contributed by atoms with Crippen LogP contribution in [0.3, 0.4) is 0 Å². The third-order valence-corrected chi connectivity index (χ3v) is 15.6. The summed E-state index contributed by atoms with van der Waals surface area (Å²) in [6.07, 6.45) is 0. The molecular weight excluding hydrogens is 801 g/mol. The third-order valence-electron chi connectivity index (χ3n) is 13.2. The number of thiophene rings is 2. The van der Waals surface area contributed by atoms with Crippen molar-refractivity contribution in [2.24, 2.45) is 0 Å². The van der Waals surface area contributed by atoms with E-state index in [2.05, 4.69) is 221 Å². The first-order chi connectivity index (χ1) is 30.6. The maximum Gasteiger partial charge on any atom is 0.0640 e. The van der Waals surface area contributed by atoms with E-state index in [1.54, 1.807) is 0 Å². The summed E-state index contributed by atoms with van der Waals surface area (Å²) in [7, 11) is 0. The van der Waals surface area contributed by atoms with Crippen molar-refractivity contribution in [2.45, 2.75) is 47.0 Å². The second kappa shape index (κ2) is 14.2. The number of benzene rings is 10. The Morgan fingerprint density at radius 3 is 1.43 bits per heavy atom. The van der Waals surface area contributed by atoms with E-state index in [1.165, 1.54) is 118 Å². The molecule has 304 valence electrons. The number of nitrogens with zero attached hydrogens (tertiary/aromatic N) is 2. The summed E-state index contributed by atoms with van der Waals surface area (Å²) in [5.74, 6) is 0. The number of aryl methyl sites for hydroxylation is 3. The fourth-order valence-corrected chi connectivity index (χ4v) is 12.5. The molecule has 0 atom stereocenters. The standard InChI is InChI=1S/C59H46N2S2/c1-35-25-26-37(3)50(31-35)61(49-22-14-19-44-42-17-9-12-24-54(42)63-58(44)49)52-34-51(45-29-27-38-32-40(59(4,5)6)33-39-28-30-46(52)56(45)55(38)39)60(47-20-10-7-15-36(47)2)48-21-13-18-43-41-16-8-11-23-53(41)62-57(43)48/h7-34H,1-6H3. The Morgan fingerprint density at radius 2 is 0.857 bits per heavy atom. The minimum Gasteiger partial charge on any atom is -0.308 e. The maximum atomic E-state index is 2.59. The van der Waals surface area contributed by atoms with E-state index in [4.69, 9.17) is 0 Å². The Kier molecular flexibility index (Phi) is 8.53. The summed E-state index contributed by atoms with van der Waals surface area (Å²) in [6.45, 7) is 13.7. The molecule has 4 heteroatoms. The monoisotopic (exact) mass is 846 g/mol. The van der Waals surface area contributed by atoms with Crippen molar-refractivity contribution < 1.29 is 0 Å². The molecule has 0 bridgehead atoms. The average molecular weight is 847 g/mol. The van der Waals surface area contributed by atoms with E-state index in [9.17, 15) is 0 Å². The molecule has 0 saturated carbocycles. The molecule has 0 unspecified atom stereocenters. The molecule has 0 spiro atoms. The van der Waals surface area contributed by atoms with Gasteiger partial charge in [0.05, 0.1) is 32.1 Å². The van der Waals surface area contributed by atoms with Gasteiger partial charge in [-0.05, 0) is 107 Å². The first kappa shape index (κ1) is 38.0. The normalized spacial score (nSPS) is 12.3. The zero-order chi connectivity index (χ0) is 42.7. The van der Waals surface area contributed by atoms with Gasteiger partial charge in [-0.25, -0.2) is 0 Å². The molecule has 2 heterocycles. The van der Waals surface area contributed by atoms with Crippen LogP contribution < -0.4 is 9.80 Å². The van der Waals surface area contributed by atoms with E-state index < -0.39 is 0 Å². The predicted octanol–water partition coefficient (Wildman–Crippen LogP) is 18.5. The van der Waals surface area contributed by atoms with Crippen molar-refractivity contribution in [3.63, 3.8) is 0 Å². The number of rotatable bonds is 6. The molecule has 0 aliphatic heterocycles. The van der Waals surface area contributed by atoms with E-state index in [0.717, 1.165) is 11.4 Å². The lowest BCUT2D eigenvalue weighted by atomic mass is 9.83. The lowest BCUT2D eigenvalue weighted by Gasteiger charge is -2.34. The summed E-state index contributed by atoms with van der Waals surface area (Å²) in [5, 5.41) is 12.8. The number of hydrogen-bond acceptors (Lipinski definition) is 4. The number of para-hydroxylation sites is 1. The number of hydrogen-bond donors (Lipinski definition) is 0. The minimum atomic E-state index is 0.00770. The lowest BCUT2D eigenvalue weighted by Crippen LogP contribution is -2.16. The molecule has 63 heavy (non-hydrogen) atoms. The van der Waals surface area contributed by atoms with Crippen LogP contribution in [0.25, 0.3) is 72.7 Å². The van der Waals surface area contributed by atoms with Crippen LogP contribution >= 0.6 is 22.7 Å². The topological polar surface area (TPSA) is 6.48 Å². The summed E-state index contributed by atoms with van der Waals surface area (Å²) < 4.78 is 5.17. The molecule has 12 rings (SSSR count). The van der Waals surface area contributed by atoms with Crippen molar-refractivity contribution in [3.05, 3.63) is 192 Å². The van der Waals surface area contributed by atoms with Crippen LogP contribution in [0.5, 0.6) is 0 Å². The molecule has 2 aromatic heterocycles. The van der Waals surface area contributed by atoms with Crippen molar-refractivity contribution in [2.75, 3.05) is 9.80 Å². The summed E-state index contributed by atoms with van der Waals surface area (Å²) in [4.78, 5) is 5.16. The van der Waals surface area contributed by atoms with E-state index >= 15 is 0 Å². The van der Waals surface area contributed by atoms with Gasteiger partial charge in [0.1, 0.15) is 0 Å². The summed E-state index contributed by atoms with van der Waals surface area (Å²) in [5.41, 5.74) is 12.1. The highest BCUT2D eigenvalue weighted by atomic mass is 32.1. The molecule has 0 N–H and O–H groups in total. The van der Waals surface area contributed by atoms with E-state index in [1.807, 2.05) is 22.7 Å². The van der Waals surface area contributed by atoms with Crippen LogP contribution in [0.1, 0.15) is 43.0 Å². The Labute approximate surface area is 376 Å². The predicted molar refractivity (Wildman–Crippen MR) is 278 cm³/mol. The Hall–Kier alpha value is -6.72. The molecule has 0 aliphatic carbocycles. The molecule has 0 amide bonds. The van der Waals surface area contributed by atoms with E-state index in [-0.39, 0.29) is 5.41 Å². The van der Waals surface area contributed by atoms with Crippen LogP contribution in [-0.2, 0) is 5.41 Å². The Balaban J connectivity index is 1.27. The molecule has 0 fully saturated rings. The summed E-state index contributed by atoms with van der Waals surface area (Å²) in [6, 6.07) is 64.2. The lowest BCUT2D eigenvalue weighted by molar-refractivity contribution is 0.591. The van der Waals surface area contributed by atoms with Gasteiger partial charge in [0.2, 0.25) is 0 Å². The zero-order valence-electron chi connectivity index (χ0n) is 36.4. The largest absolute Gasteiger partial charge is 0.308 e. The highest BCUT2D eigenvalue weighted by Crippen LogP contribution is 2.54. The van der Waals surface area contributed by atoms with Gasteiger partial charge in [0.25, 0.3) is 0 Å². The van der Waals surface area contributed by atoms with Gasteiger partial charge in [-0.1, -0.05) is 148 Å². The second-order valence-corrected chi connectivity index (χ2v) is 20.4. The van der Waals surface area contributed by atoms with Gasteiger partial charge in [0.15, 0.2) is 0 Å². The fourth-order valence-electron chi connectivity index (χ4n) is 10.1. The molecule has 0 radical (unpaired) electrons. The van der Waals surface area contributed by atoms with Gasteiger partial charge in [-0.2, -0.15) is 0 Å². The van der Waals surface area contributed by atoms with Crippen LogP contribution in [0.15, 0.2) is 170 Å². The highest BCUT2D eigenvalue weighted by Gasteiger charge is 2.29. The average Bonchev–Trinajstić information content (AvgIpc) is 3.87. The first-order valence-corrected chi connectivity index (χ1v) is 23.6. The molecule has 10 aromatic carbocycles. The summed E-state index contributed by atoms with van der Waals surface area (Å²) >= 11 is 3.78. The quantitative estimate of drug-likeness (QED) is 0.154. The SMILES string of the molecule is Cc1ccc(C)c(N(c2cc(N(c3ccccc3C)c3cccc4c3sc3ccccc34)c3ccc4cc(C(C)(C)C)cc5ccc2c3c45)c2cccc3c2sc2ccccc23)c1. The molecule has 2 nitrogen and oxygen atoms in total. The van der Waals surface area contributed by atoms with Crippen LogP contribution in [-0.4, -0.2) is 0 Å². The maximum absolute atomic E-state index is 2.59. The van der Waals surface area contributed by atoms with Gasteiger partial charge >= 0.3 is 0 Å². The first-order valence-electron chi connectivity index (χ1n) is 21.9. The molecule has 12 aromatic rings. The second-order valence-electron chi connectivity index (χ2n) is 18.3.